The molecule has 0 fully saturated rings. The Morgan fingerprint density at radius 1 is 1.22 bits per heavy atom. The SMILES string of the molecule is Cc1cccc(NC(=O)C(Oc2ccccc2C#N)C(C)C)n1. The van der Waals surface area contributed by atoms with Gasteiger partial charge in [-0.1, -0.05) is 32.0 Å². The van der Waals surface area contributed by atoms with Crippen molar-refractivity contribution in [1.29, 1.82) is 5.26 Å². The molecule has 5 heteroatoms. The summed E-state index contributed by atoms with van der Waals surface area (Å²) < 4.78 is 5.80. The van der Waals surface area contributed by atoms with Gasteiger partial charge in [0.05, 0.1) is 5.56 Å². The van der Waals surface area contributed by atoms with E-state index in [1.807, 2.05) is 32.9 Å². The van der Waals surface area contributed by atoms with E-state index in [1.165, 1.54) is 0 Å². The minimum atomic E-state index is -0.716. The average Bonchev–Trinajstić information content (AvgIpc) is 2.52. The molecule has 1 N–H and O–H groups in total. The molecule has 1 aromatic heterocycles. The summed E-state index contributed by atoms with van der Waals surface area (Å²) in [6, 6.07) is 14.4. The van der Waals surface area contributed by atoms with Gasteiger partial charge in [-0.25, -0.2) is 4.98 Å². The van der Waals surface area contributed by atoms with Gasteiger partial charge in [0, 0.05) is 5.69 Å². The zero-order valence-corrected chi connectivity index (χ0v) is 13.4. The van der Waals surface area contributed by atoms with E-state index in [0.717, 1.165) is 5.69 Å². The quantitative estimate of drug-likeness (QED) is 0.919. The Labute approximate surface area is 135 Å². The second-order valence-electron chi connectivity index (χ2n) is 5.54. The van der Waals surface area contributed by atoms with Crippen LogP contribution in [0.15, 0.2) is 42.5 Å². The van der Waals surface area contributed by atoms with E-state index >= 15 is 0 Å². The number of nitrogens with one attached hydrogen (secondary N) is 1. The molecule has 2 rings (SSSR count). The third kappa shape index (κ3) is 4.30. The topological polar surface area (TPSA) is 75.0 Å². The predicted octanol–water partition coefficient (Wildman–Crippen LogP) is 3.30. The van der Waals surface area contributed by atoms with E-state index in [0.29, 0.717) is 17.1 Å². The van der Waals surface area contributed by atoms with E-state index in [9.17, 15) is 4.79 Å². The molecule has 0 aliphatic carbocycles. The van der Waals surface area contributed by atoms with Gasteiger partial charge in [-0.2, -0.15) is 5.26 Å². The summed E-state index contributed by atoms with van der Waals surface area (Å²) in [5, 5.41) is 11.9. The molecule has 0 saturated carbocycles. The predicted molar refractivity (Wildman–Crippen MR) is 88.0 cm³/mol. The smallest absolute Gasteiger partial charge is 0.266 e. The number of hydrogen-bond acceptors (Lipinski definition) is 4. The highest BCUT2D eigenvalue weighted by Gasteiger charge is 2.25. The molecule has 23 heavy (non-hydrogen) atoms. The Kier molecular flexibility index (Phi) is 5.32. The van der Waals surface area contributed by atoms with Crippen molar-refractivity contribution in [2.24, 2.45) is 5.92 Å². The summed E-state index contributed by atoms with van der Waals surface area (Å²) in [7, 11) is 0. The van der Waals surface area contributed by atoms with Crippen molar-refractivity contribution in [2.45, 2.75) is 26.9 Å². The first kappa shape index (κ1) is 16.5. The number of rotatable bonds is 5. The van der Waals surface area contributed by atoms with Gasteiger partial charge in [0.1, 0.15) is 17.6 Å². The summed E-state index contributed by atoms with van der Waals surface area (Å²) in [4.78, 5) is 16.8. The maximum absolute atomic E-state index is 12.5. The van der Waals surface area contributed by atoms with E-state index in [-0.39, 0.29) is 11.8 Å². The number of carbonyl (C=O) groups is 1. The molecule has 0 spiro atoms. The number of aryl methyl sites for hydroxylation is 1. The van der Waals surface area contributed by atoms with Crippen molar-refractivity contribution in [3.05, 3.63) is 53.7 Å². The molecule has 0 radical (unpaired) electrons. The van der Waals surface area contributed by atoms with Crippen molar-refractivity contribution in [3.8, 4) is 11.8 Å². The minimum Gasteiger partial charge on any atom is -0.479 e. The maximum atomic E-state index is 12.5. The second-order valence-corrected chi connectivity index (χ2v) is 5.54. The third-order valence-corrected chi connectivity index (χ3v) is 3.26. The van der Waals surface area contributed by atoms with Gasteiger partial charge in [-0.05, 0) is 37.1 Å². The molecule has 5 nitrogen and oxygen atoms in total. The number of hydrogen-bond donors (Lipinski definition) is 1. The zero-order valence-electron chi connectivity index (χ0n) is 13.4. The lowest BCUT2D eigenvalue weighted by atomic mass is 10.1. The summed E-state index contributed by atoms with van der Waals surface area (Å²) in [5.74, 6) is 0.538. The van der Waals surface area contributed by atoms with Gasteiger partial charge in [-0.15, -0.1) is 0 Å². The van der Waals surface area contributed by atoms with Crippen LogP contribution in [0.1, 0.15) is 25.1 Å². The number of carbonyl (C=O) groups excluding carboxylic acids is 1. The first-order valence-corrected chi connectivity index (χ1v) is 7.41. The van der Waals surface area contributed by atoms with Crippen molar-refractivity contribution in [3.63, 3.8) is 0 Å². The minimum absolute atomic E-state index is 0.0634. The molecular formula is C18H19N3O2. The fourth-order valence-corrected chi connectivity index (χ4v) is 2.10. The van der Waals surface area contributed by atoms with Crippen molar-refractivity contribution in [1.82, 2.24) is 4.98 Å². The lowest BCUT2D eigenvalue weighted by molar-refractivity contribution is -0.124. The van der Waals surface area contributed by atoms with Gasteiger partial charge in [0.2, 0.25) is 0 Å². The maximum Gasteiger partial charge on any atom is 0.266 e. The number of para-hydroxylation sites is 1. The molecule has 0 aliphatic rings. The fraction of sp³-hybridized carbons (Fsp3) is 0.278. The van der Waals surface area contributed by atoms with Crippen molar-refractivity contribution >= 4 is 11.7 Å². The molecule has 118 valence electrons. The molecule has 1 aromatic carbocycles. The number of amides is 1. The zero-order chi connectivity index (χ0) is 16.8. The van der Waals surface area contributed by atoms with E-state index in [2.05, 4.69) is 16.4 Å². The van der Waals surface area contributed by atoms with Crippen LogP contribution in [0.3, 0.4) is 0 Å². The largest absolute Gasteiger partial charge is 0.479 e. The van der Waals surface area contributed by atoms with Crippen LogP contribution in [-0.2, 0) is 4.79 Å². The molecule has 0 bridgehead atoms. The fourth-order valence-electron chi connectivity index (χ4n) is 2.10. The van der Waals surface area contributed by atoms with Gasteiger partial charge in [0.25, 0.3) is 5.91 Å². The summed E-state index contributed by atoms with van der Waals surface area (Å²) >= 11 is 0. The second kappa shape index (κ2) is 7.41. The molecule has 1 atom stereocenters. The highest BCUT2D eigenvalue weighted by molar-refractivity contribution is 5.93. The average molecular weight is 309 g/mol. The Hall–Kier alpha value is -2.87. The van der Waals surface area contributed by atoms with Crippen LogP contribution in [0, 0.1) is 24.2 Å². The summed E-state index contributed by atoms with van der Waals surface area (Å²) in [5.41, 5.74) is 1.22. The molecule has 0 aliphatic heterocycles. The van der Waals surface area contributed by atoms with Crippen LogP contribution < -0.4 is 10.1 Å². The lowest BCUT2D eigenvalue weighted by Gasteiger charge is -2.22. The number of nitriles is 1. The molecule has 1 unspecified atom stereocenters. The van der Waals surface area contributed by atoms with Crippen LogP contribution in [0.25, 0.3) is 0 Å². The highest BCUT2D eigenvalue weighted by Crippen LogP contribution is 2.21. The Balaban J connectivity index is 2.18. The van der Waals surface area contributed by atoms with Crippen LogP contribution in [-0.4, -0.2) is 17.0 Å². The lowest BCUT2D eigenvalue weighted by Crippen LogP contribution is -2.37. The number of benzene rings is 1. The van der Waals surface area contributed by atoms with Crippen LogP contribution in [0.5, 0.6) is 5.75 Å². The summed E-state index contributed by atoms with van der Waals surface area (Å²) in [6.45, 7) is 5.64. The van der Waals surface area contributed by atoms with Gasteiger partial charge in [0.15, 0.2) is 6.10 Å². The highest BCUT2D eigenvalue weighted by atomic mass is 16.5. The first-order valence-electron chi connectivity index (χ1n) is 7.41. The number of anilines is 1. The van der Waals surface area contributed by atoms with Crippen molar-refractivity contribution < 1.29 is 9.53 Å². The Bertz CT molecular complexity index is 735. The molecular weight excluding hydrogens is 290 g/mol. The van der Waals surface area contributed by atoms with Gasteiger partial charge in [-0.3, -0.25) is 4.79 Å². The van der Waals surface area contributed by atoms with Crippen LogP contribution in [0.2, 0.25) is 0 Å². The molecule has 2 aromatic rings. The normalized spacial score (nSPS) is 11.6. The first-order chi connectivity index (χ1) is 11.0. The van der Waals surface area contributed by atoms with Gasteiger partial charge >= 0.3 is 0 Å². The number of nitrogens with zero attached hydrogens (tertiary/aromatic N) is 2. The van der Waals surface area contributed by atoms with E-state index < -0.39 is 6.10 Å². The number of pyridine rings is 1. The standard InChI is InChI=1S/C18H19N3O2/c1-12(2)17(23-15-9-5-4-8-14(15)11-19)18(22)21-16-10-6-7-13(3)20-16/h4-10,12,17H,1-3H3,(H,20,21,22). The number of aromatic nitrogens is 1. The Morgan fingerprint density at radius 3 is 2.61 bits per heavy atom. The third-order valence-electron chi connectivity index (χ3n) is 3.26. The number of ether oxygens (including phenoxy) is 1. The van der Waals surface area contributed by atoms with Crippen molar-refractivity contribution in [2.75, 3.05) is 5.32 Å². The summed E-state index contributed by atoms with van der Waals surface area (Å²) in [6.07, 6.45) is -0.716. The molecule has 1 amide bonds. The monoisotopic (exact) mass is 309 g/mol. The van der Waals surface area contributed by atoms with Crippen LogP contribution >= 0.6 is 0 Å². The van der Waals surface area contributed by atoms with Gasteiger partial charge < -0.3 is 10.1 Å². The molecule has 1 heterocycles. The van der Waals surface area contributed by atoms with Crippen LogP contribution in [0.4, 0.5) is 5.82 Å². The Morgan fingerprint density at radius 2 is 1.96 bits per heavy atom. The van der Waals surface area contributed by atoms with E-state index in [4.69, 9.17) is 10.00 Å². The molecule has 0 saturated heterocycles. The van der Waals surface area contributed by atoms with E-state index in [1.54, 1.807) is 30.3 Å².